The zero-order valence-electron chi connectivity index (χ0n) is 22.1. The largest absolute Gasteiger partial charge is 0.464 e. The van der Waals surface area contributed by atoms with Gasteiger partial charge >= 0.3 is 5.97 Å². The second kappa shape index (κ2) is 15.2. The molecule has 0 spiro atoms. The molecule has 10 nitrogen and oxygen atoms in total. The van der Waals surface area contributed by atoms with Gasteiger partial charge in [0, 0.05) is 30.8 Å². The maximum Gasteiger partial charge on any atom is 0.332 e. The van der Waals surface area contributed by atoms with Gasteiger partial charge in [-0.2, -0.15) is 5.26 Å². The summed E-state index contributed by atoms with van der Waals surface area (Å²) in [6.45, 7) is 3.11. The predicted molar refractivity (Wildman–Crippen MR) is 143 cm³/mol. The van der Waals surface area contributed by atoms with Crippen LogP contribution in [0.25, 0.3) is 0 Å². The number of nitrogens with one attached hydrogen (secondary N) is 2. The van der Waals surface area contributed by atoms with Gasteiger partial charge in [-0.1, -0.05) is 18.2 Å². The van der Waals surface area contributed by atoms with Crippen LogP contribution in [0.15, 0.2) is 54.6 Å². The molecule has 1 saturated heterocycles. The first kappa shape index (κ1) is 29.3. The van der Waals surface area contributed by atoms with Crippen LogP contribution < -0.4 is 10.6 Å². The van der Waals surface area contributed by atoms with Gasteiger partial charge in [-0.25, -0.2) is 4.79 Å². The minimum Gasteiger partial charge on any atom is -0.464 e. The number of carbonyl (C=O) groups excluding carboxylic acids is 4. The van der Waals surface area contributed by atoms with Crippen molar-refractivity contribution in [1.29, 1.82) is 5.26 Å². The highest BCUT2D eigenvalue weighted by Gasteiger charge is 2.30. The fraction of sp³-hybridized carbons (Fsp3) is 0.414. The van der Waals surface area contributed by atoms with Crippen LogP contribution in [0.1, 0.15) is 58.9 Å². The van der Waals surface area contributed by atoms with E-state index in [1.165, 1.54) is 0 Å². The molecular formula is C29H34N4O6. The van der Waals surface area contributed by atoms with Gasteiger partial charge < -0.3 is 25.0 Å². The number of rotatable bonds is 12. The number of nitriles is 1. The molecule has 1 fully saturated rings. The molecule has 0 aromatic heterocycles. The monoisotopic (exact) mass is 534 g/mol. The Balaban J connectivity index is 1.57. The lowest BCUT2D eigenvalue weighted by atomic mass is 10.0. The van der Waals surface area contributed by atoms with E-state index in [1.807, 2.05) is 12.1 Å². The number of amides is 3. The zero-order valence-corrected chi connectivity index (χ0v) is 22.1. The van der Waals surface area contributed by atoms with E-state index in [0.29, 0.717) is 68.6 Å². The molecule has 1 aliphatic rings. The maximum absolute atomic E-state index is 13.4. The Labute approximate surface area is 228 Å². The Hall–Kier alpha value is -4.23. The van der Waals surface area contributed by atoms with Gasteiger partial charge in [-0.3, -0.25) is 14.4 Å². The number of likely N-dealkylation sites (tertiary alicyclic amines) is 1. The number of piperidine rings is 1. The molecule has 2 aromatic rings. The fourth-order valence-electron chi connectivity index (χ4n) is 4.25. The average Bonchev–Trinajstić information content (AvgIpc) is 2.98. The number of nitrogens with zero attached hydrogens (tertiary/aromatic N) is 2. The van der Waals surface area contributed by atoms with Gasteiger partial charge in [0.1, 0.15) is 12.6 Å². The number of carbonyl (C=O) groups is 4. The SMILES string of the molecule is CCOC(=O)COC1CCN(C(=O)[C@H](CCCNC(=O)c2ccccc2)NC(=O)c2ccc(C#N)cc2)CC1. The van der Waals surface area contributed by atoms with Gasteiger partial charge in [0.25, 0.3) is 11.8 Å². The van der Waals surface area contributed by atoms with Crippen LogP contribution in [0, 0.1) is 11.3 Å². The van der Waals surface area contributed by atoms with Crippen molar-refractivity contribution in [3.8, 4) is 6.07 Å². The summed E-state index contributed by atoms with van der Waals surface area (Å²) < 4.78 is 10.5. The third kappa shape index (κ3) is 9.23. The van der Waals surface area contributed by atoms with E-state index in [1.54, 1.807) is 60.4 Å². The zero-order chi connectivity index (χ0) is 28.0. The third-order valence-electron chi connectivity index (χ3n) is 6.37. The lowest BCUT2D eigenvalue weighted by Crippen LogP contribution is -2.51. The molecule has 0 radical (unpaired) electrons. The molecule has 0 aliphatic carbocycles. The summed E-state index contributed by atoms with van der Waals surface area (Å²) in [5.41, 5.74) is 1.32. The Morgan fingerprint density at radius 1 is 1.00 bits per heavy atom. The van der Waals surface area contributed by atoms with E-state index in [0.717, 1.165) is 0 Å². The summed E-state index contributed by atoms with van der Waals surface area (Å²) in [7, 11) is 0. The van der Waals surface area contributed by atoms with Crippen molar-refractivity contribution in [1.82, 2.24) is 15.5 Å². The summed E-state index contributed by atoms with van der Waals surface area (Å²) in [5.74, 6) is -1.25. The van der Waals surface area contributed by atoms with Crippen molar-refractivity contribution < 1.29 is 28.7 Å². The Morgan fingerprint density at radius 3 is 2.31 bits per heavy atom. The summed E-state index contributed by atoms with van der Waals surface area (Å²) in [6, 6.07) is 16.2. The second-order valence-corrected chi connectivity index (χ2v) is 9.12. The second-order valence-electron chi connectivity index (χ2n) is 9.12. The molecule has 0 saturated carbocycles. The number of esters is 1. The fourth-order valence-corrected chi connectivity index (χ4v) is 4.25. The number of hydrogen-bond acceptors (Lipinski definition) is 7. The number of hydrogen-bond donors (Lipinski definition) is 2. The molecule has 1 heterocycles. The van der Waals surface area contributed by atoms with E-state index < -0.39 is 17.9 Å². The van der Waals surface area contributed by atoms with Crippen molar-refractivity contribution >= 4 is 23.7 Å². The molecule has 39 heavy (non-hydrogen) atoms. The van der Waals surface area contributed by atoms with Gasteiger partial charge in [0.2, 0.25) is 5.91 Å². The first-order valence-corrected chi connectivity index (χ1v) is 13.1. The first-order valence-electron chi connectivity index (χ1n) is 13.1. The smallest absolute Gasteiger partial charge is 0.332 e. The van der Waals surface area contributed by atoms with Crippen molar-refractivity contribution in [3.63, 3.8) is 0 Å². The Morgan fingerprint density at radius 2 is 1.67 bits per heavy atom. The van der Waals surface area contributed by atoms with Crippen LogP contribution in [-0.2, 0) is 19.1 Å². The molecular weight excluding hydrogens is 500 g/mol. The van der Waals surface area contributed by atoms with Crippen LogP contribution in [0.3, 0.4) is 0 Å². The Kier molecular flexibility index (Phi) is 11.5. The van der Waals surface area contributed by atoms with E-state index in [-0.39, 0.29) is 24.5 Å². The summed E-state index contributed by atoms with van der Waals surface area (Å²) in [4.78, 5) is 51.9. The van der Waals surface area contributed by atoms with E-state index in [2.05, 4.69) is 10.6 Å². The molecule has 2 aromatic carbocycles. The molecule has 206 valence electrons. The van der Waals surface area contributed by atoms with E-state index >= 15 is 0 Å². The van der Waals surface area contributed by atoms with Crippen LogP contribution in [-0.4, -0.2) is 73.6 Å². The topological polar surface area (TPSA) is 138 Å². The molecule has 2 N–H and O–H groups in total. The summed E-state index contributed by atoms with van der Waals surface area (Å²) in [6.07, 6.45) is 1.78. The van der Waals surface area contributed by atoms with Crippen LogP contribution in [0.5, 0.6) is 0 Å². The molecule has 0 bridgehead atoms. The highest BCUT2D eigenvalue weighted by Crippen LogP contribution is 2.16. The van der Waals surface area contributed by atoms with Crippen molar-refractivity contribution in [2.45, 2.75) is 44.8 Å². The van der Waals surface area contributed by atoms with Gasteiger partial charge in [0.15, 0.2) is 0 Å². The number of ether oxygens (including phenoxy) is 2. The van der Waals surface area contributed by atoms with Crippen LogP contribution >= 0.6 is 0 Å². The van der Waals surface area contributed by atoms with Crippen molar-refractivity contribution in [2.75, 3.05) is 32.8 Å². The summed E-state index contributed by atoms with van der Waals surface area (Å²) >= 11 is 0. The molecule has 1 atom stereocenters. The van der Waals surface area contributed by atoms with Crippen molar-refractivity contribution in [3.05, 3.63) is 71.3 Å². The highest BCUT2D eigenvalue weighted by atomic mass is 16.6. The first-order chi connectivity index (χ1) is 18.9. The maximum atomic E-state index is 13.4. The average molecular weight is 535 g/mol. The minimum absolute atomic E-state index is 0.121. The van der Waals surface area contributed by atoms with Crippen LogP contribution in [0.4, 0.5) is 0 Å². The lowest BCUT2D eigenvalue weighted by molar-refractivity contribution is -0.152. The molecule has 0 unspecified atom stereocenters. The Bertz CT molecular complexity index is 1150. The number of benzene rings is 2. The molecule has 3 rings (SSSR count). The third-order valence-corrected chi connectivity index (χ3v) is 6.37. The lowest BCUT2D eigenvalue weighted by Gasteiger charge is -2.34. The minimum atomic E-state index is -0.793. The highest BCUT2D eigenvalue weighted by molar-refractivity contribution is 5.97. The molecule has 10 heteroatoms. The van der Waals surface area contributed by atoms with Crippen LogP contribution in [0.2, 0.25) is 0 Å². The normalized spacial score (nSPS) is 14.1. The molecule has 1 aliphatic heterocycles. The van der Waals surface area contributed by atoms with E-state index in [9.17, 15) is 19.2 Å². The van der Waals surface area contributed by atoms with Gasteiger partial charge in [0.05, 0.1) is 24.3 Å². The quantitative estimate of drug-likeness (QED) is 0.315. The standard InChI is InChI=1S/C29H34N4O6/c1-2-38-26(34)20-39-24-14-17-33(18-15-24)29(37)25(32-28(36)23-12-10-21(19-30)11-13-23)9-6-16-31-27(35)22-7-4-3-5-8-22/h3-5,7-8,10-13,24-25H,2,6,9,14-18,20H2,1H3,(H,31,35)(H,32,36)/t25-/m0/s1. The van der Waals surface area contributed by atoms with E-state index in [4.69, 9.17) is 14.7 Å². The van der Waals surface area contributed by atoms with Gasteiger partial charge in [-0.15, -0.1) is 0 Å². The predicted octanol–water partition coefficient (Wildman–Crippen LogP) is 2.44. The summed E-state index contributed by atoms with van der Waals surface area (Å²) in [5, 5.41) is 14.7. The molecule has 3 amide bonds. The van der Waals surface area contributed by atoms with Gasteiger partial charge in [-0.05, 0) is 69.0 Å². The van der Waals surface area contributed by atoms with Crippen molar-refractivity contribution in [2.24, 2.45) is 0 Å².